The van der Waals surface area contributed by atoms with Gasteiger partial charge in [0.05, 0.1) is 6.61 Å². The number of hydrogen-bond acceptors (Lipinski definition) is 3. The third-order valence-electron chi connectivity index (χ3n) is 1.74. The number of rotatable bonds is 6. The van der Waals surface area contributed by atoms with E-state index in [1.165, 1.54) is 0 Å². The van der Waals surface area contributed by atoms with Gasteiger partial charge < -0.3 is 15.9 Å². The Kier molecular flexibility index (Phi) is 4.54. The molecule has 0 saturated heterocycles. The maximum absolute atomic E-state index is 10.5. The van der Waals surface area contributed by atoms with Crippen molar-refractivity contribution in [1.29, 1.82) is 0 Å². The van der Waals surface area contributed by atoms with Gasteiger partial charge in [0, 0.05) is 0 Å². The fourth-order valence-electron chi connectivity index (χ4n) is 0.815. The number of aliphatic carboxylic acids is 1. The van der Waals surface area contributed by atoms with Gasteiger partial charge >= 0.3 is 5.97 Å². The van der Waals surface area contributed by atoms with E-state index in [2.05, 4.69) is 6.58 Å². The van der Waals surface area contributed by atoms with Crippen molar-refractivity contribution in [2.45, 2.75) is 24.8 Å². The van der Waals surface area contributed by atoms with E-state index in [1.807, 2.05) is 0 Å². The Morgan fingerprint density at radius 1 is 1.67 bits per heavy atom. The molecule has 0 aliphatic heterocycles. The molecule has 4 nitrogen and oxygen atoms in total. The zero-order valence-corrected chi connectivity index (χ0v) is 6.99. The topological polar surface area (TPSA) is 83.5 Å². The van der Waals surface area contributed by atoms with Crippen LogP contribution in [-0.4, -0.2) is 28.3 Å². The van der Waals surface area contributed by atoms with Gasteiger partial charge in [0.15, 0.2) is 0 Å². The highest BCUT2D eigenvalue weighted by atomic mass is 16.4. The van der Waals surface area contributed by atoms with Gasteiger partial charge in [-0.1, -0.05) is 6.08 Å². The summed E-state index contributed by atoms with van der Waals surface area (Å²) >= 11 is 0. The van der Waals surface area contributed by atoms with Crippen LogP contribution in [-0.2, 0) is 4.79 Å². The number of nitrogens with two attached hydrogens (primary N) is 1. The van der Waals surface area contributed by atoms with Gasteiger partial charge in [-0.2, -0.15) is 0 Å². The molecule has 0 fully saturated rings. The van der Waals surface area contributed by atoms with Gasteiger partial charge in [-0.3, -0.25) is 4.79 Å². The number of carbonyl (C=O) groups is 1. The van der Waals surface area contributed by atoms with Crippen LogP contribution < -0.4 is 5.73 Å². The number of carboxylic acid groups (broad SMARTS) is 1. The van der Waals surface area contributed by atoms with Crippen molar-refractivity contribution in [2.75, 3.05) is 6.61 Å². The molecule has 12 heavy (non-hydrogen) atoms. The van der Waals surface area contributed by atoms with Crippen molar-refractivity contribution < 1.29 is 15.0 Å². The van der Waals surface area contributed by atoms with Crippen LogP contribution in [0.3, 0.4) is 0 Å². The first-order valence-corrected chi connectivity index (χ1v) is 3.81. The third kappa shape index (κ3) is 3.02. The predicted molar refractivity (Wildman–Crippen MR) is 45.7 cm³/mol. The van der Waals surface area contributed by atoms with Crippen molar-refractivity contribution >= 4 is 5.97 Å². The minimum atomic E-state index is -1.48. The normalized spacial score (nSPS) is 15.2. The summed E-state index contributed by atoms with van der Waals surface area (Å²) < 4.78 is 0. The Balaban J connectivity index is 3.96. The van der Waals surface area contributed by atoms with Gasteiger partial charge in [-0.05, 0) is 19.3 Å². The summed E-state index contributed by atoms with van der Waals surface area (Å²) in [5.74, 6) is -1.16. The number of allylic oxidation sites excluding steroid dienone is 1. The van der Waals surface area contributed by atoms with Crippen LogP contribution in [0.4, 0.5) is 0 Å². The summed E-state index contributed by atoms with van der Waals surface area (Å²) in [4.78, 5) is 10.5. The Morgan fingerprint density at radius 2 is 2.25 bits per heavy atom. The molecule has 4 N–H and O–H groups in total. The number of aliphatic hydroxyl groups excluding tert-OH is 1. The van der Waals surface area contributed by atoms with Crippen LogP contribution in [0, 0.1) is 0 Å². The molecular formula is C8H15NO3. The van der Waals surface area contributed by atoms with Crippen molar-refractivity contribution in [3.05, 3.63) is 12.7 Å². The summed E-state index contributed by atoms with van der Waals surface area (Å²) in [7, 11) is 0. The molecule has 0 aromatic carbocycles. The number of aliphatic hydroxyl groups is 1. The lowest BCUT2D eigenvalue weighted by molar-refractivity contribution is -0.145. The smallest absolute Gasteiger partial charge is 0.326 e. The number of carboxylic acids is 1. The van der Waals surface area contributed by atoms with Crippen molar-refractivity contribution in [3.8, 4) is 0 Å². The Hall–Kier alpha value is -0.870. The van der Waals surface area contributed by atoms with Crippen molar-refractivity contribution in [3.63, 3.8) is 0 Å². The molecule has 0 unspecified atom stereocenters. The largest absolute Gasteiger partial charge is 0.480 e. The first-order chi connectivity index (χ1) is 5.56. The Bertz CT molecular complexity index is 170. The van der Waals surface area contributed by atoms with Crippen LogP contribution in [0.15, 0.2) is 12.7 Å². The predicted octanol–water partition coefficient (Wildman–Crippen LogP) is 0.117. The highest BCUT2D eigenvalue weighted by molar-refractivity contribution is 5.78. The molecule has 0 aromatic rings. The minimum Gasteiger partial charge on any atom is -0.480 e. The molecule has 0 saturated carbocycles. The summed E-state index contributed by atoms with van der Waals surface area (Å²) in [6.07, 6.45) is 3.31. The van der Waals surface area contributed by atoms with E-state index in [0.717, 1.165) is 0 Å². The molecule has 0 heterocycles. The molecular weight excluding hydrogens is 158 g/mol. The highest BCUT2D eigenvalue weighted by Gasteiger charge is 2.32. The molecule has 0 amide bonds. The average molecular weight is 173 g/mol. The minimum absolute atomic E-state index is 0.269. The molecule has 0 spiro atoms. The quantitative estimate of drug-likeness (QED) is 0.393. The summed E-state index contributed by atoms with van der Waals surface area (Å²) in [6.45, 7) is 2.97. The fourth-order valence-corrected chi connectivity index (χ4v) is 0.815. The van der Waals surface area contributed by atoms with Crippen LogP contribution in [0.25, 0.3) is 0 Å². The summed E-state index contributed by atoms with van der Waals surface area (Å²) in [5.41, 5.74) is 3.91. The van der Waals surface area contributed by atoms with E-state index in [-0.39, 0.29) is 6.42 Å². The molecule has 0 bridgehead atoms. The lowest BCUT2D eigenvalue weighted by Gasteiger charge is -2.21. The van der Waals surface area contributed by atoms with Gasteiger partial charge in [-0.15, -0.1) is 6.58 Å². The molecule has 0 aliphatic rings. The van der Waals surface area contributed by atoms with Gasteiger partial charge in [0.25, 0.3) is 0 Å². The van der Waals surface area contributed by atoms with Gasteiger partial charge in [0.1, 0.15) is 5.54 Å². The molecule has 0 rings (SSSR count). The van der Waals surface area contributed by atoms with E-state index < -0.39 is 18.1 Å². The summed E-state index contributed by atoms with van der Waals surface area (Å²) in [6, 6.07) is 0. The zero-order chi connectivity index (χ0) is 9.61. The molecule has 4 heteroatoms. The molecule has 70 valence electrons. The fraction of sp³-hybridized carbons (Fsp3) is 0.625. The van der Waals surface area contributed by atoms with E-state index >= 15 is 0 Å². The highest BCUT2D eigenvalue weighted by Crippen LogP contribution is 2.11. The second-order valence-electron chi connectivity index (χ2n) is 2.80. The standard InChI is InChI=1S/C8H15NO3/c1-2-3-4-5-8(9,6-10)7(11)12/h2,10H,1,3-6,9H2,(H,11,12)/t8-/m0/s1. The Morgan fingerprint density at radius 3 is 2.58 bits per heavy atom. The second-order valence-corrected chi connectivity index (χ2v) is 2.80. The van der Waals surface area contributed by atoms with Crippen LogP contribution in [0.1, 0.15) is 19.3 Å². The molecule has 0 aromatic heterocycles. The van der Waals surface area contributed by atoms with Crippen LogP contribution in [0.5, 0.6) is 0 Å². The second kappa shape index (κ2) is 4.90. The lowest BCUT2D eigenvalue weighted by Crippen LogP contribution is -2.51. The first-order valence-electron chi connectivity index (χ1n) is 3.81. The third-order valence-corrected chi connectivity index (χ3v) is 1.74. The van der Waals surface area contributed by atoms with Gasteiger partial charge in [-0.25, -0.2) is 0 Å². The van der Waals surface area contributed by atoms with Crippen LogP contribution in [0.2, 0.25) is 0 Å². The first kappa shape index (κ1) is 11.1. The lowest BCUT2D eigenvalue weighted by atomic mass is 9.95. The summed E-state index contributed by atoms with van der Waals surface area (Å²) in [5, 5.41) is 17.3. The zero-order valence-electron chi connectivity index (χ0n) is 6.99. The van der Waals surface area contributed by atoms with E-state index in [9.17, 15) is 4.79 Å². The van der Waals surface area contributed by atoms with E-state index in [4.69, 9.17) is 15.9 Å². The SMILES string of the molecule is C=CCCC[C@](N)(CO)C(=O)O. The molecule has 0 radical (unpaired) electrons. The monoisotopic (exact) mass is 173 g/mol. The maximum Gasteiger partial charge on any atom is 0.326 e. The molecule has 1 atom stereocenters. The van der Waals surface area contributed by atoms with Gasteiger partial charge in [0.2, 0.25) is 0 Å². The van der Waals surface area contributed by atoms with Crippen molar-refractivity contribution in [2.24, 2.45) is 5.73 Å². The molecule has 0 aliphatic carbocycles. The number of unbranched alkanes of at least 4 members (excludes halogenated alkanes) is 1. The van der Waals surface area contributed by atoms with E-state index in [0.29, 0.717) is 12.8 Å². The van der Waals surface area contributed by atoms with E-state index in [1.54, 1.807) is 6.08 Å². The van der Waals surface area contributed by atoms with Crippen LogP contribution >= 0.6 is 0 Å². The Labute approximate surface area is 71.7 Å². The maximum atomic E-state index is 10.5. The van der Waals surface area contributed by atoms with Crippen molar-refractivity contribution in [1.82, 2.24) is 0 Å². The number of hydrogen-bond donors (Lipinski definition) is 3. The average Bonchev–Trinajstić information content (AvgIpc) is 2.04.